The van der Waals surface area contributed by atoms with Gasteiger partial charge < -0.3 is 9.32 Å². The van der Waals surface area contributed by atoms with Crippen LogP contribution >= 0.6 is 0 Å². The van der Waals surface area contributed by atoms with Crippen LogP contribution < -0.4 is 9.80 Å². The number of halogens is 2. The summed E-state index contributed by atoms with van der Waals surface area (Å²) in [5.74, 6) is -1.38. The van der Waals surface area contributed by atoms with E-state index in [1.54, 1.807) is 43.0 Å². The first-order valence-corrected chi connectivity index (χ1v) is 11.2. The number of imide groups is 1. The highest BCUT2D eigenvalue weighted by atomic mass is 19.3. The molecule has 2 aliphatic heterocycles. The molecule has 3 aromatic rings. The maximum absolute atomic E-state index is 13.5. The Morgan fingerprint density at radius 1 is 1.14 bits per heavy atom. The zero-order chi connectivity index (χ0) is 25.8. The SMILES string of the molecule is CC(=O)N1CCc2c1cccc2N1C(=O)N(Cc2ccc(-c3nnc(C(F)F)o3)cn2)C(=O)C1(C)C. The third kappa shape index (κ3) is 3.69. The number of fused-ring (bicyclic) bond motifs is 1. The van der Waals surface area contributed by atoms with Gasteiger partial charge in [-0.2, -0.15) is 8.78 Å². The monoisotopic (exact) mass is 496 g/mol. The van der Waals surface area contributed by atoms with E-state index in [4.69, 9.17) is 4.42 Å². The van der Waals surface area contributed by atoms with E-state index in [9.17, 15) is 23.2 Å². The molecule has 0 spiro atoms. The maximum Gasteiger partial charge on any atom is 0.332 e. The smallest absolute Gasteiger partial charge is 0.332 e. The van der Waals surface area contributed by atoms with Crippen molar-refractivity contribution in [1.82, 2.24) is 20.1 Å². The number of urea groups is 1. The molecule has 1 aromatic carbocycles. The van der Waals surface area contributed by atoms with E-state index in [0.29, 0.717) is 29.9 Å². The molecule has 0 radical (unpaired) electrons. The molecule has 2 aromatic heterocycles. The summed E-state index contributed by atoms with van der Waals surface area (Å²) in [5.41, 5.74) is 1.75. The van der Waals surface area contributed by atoms with Crippen LogP contribution in [0.2, 0.25) is 0 Å². The highest BCUT2D eigenvalue weighted by molar-refractivity contribution is 6.17. The number of benzene rings is 1. The highest BCUT2D eigenvalue weighted by Crippen LogP contribution is 2.41. The van der Waals surface area contributed by atoms with Crippen molar-refractivity contribution in [2.45, 2.75) is 45.7 Å². The summed E-state index contributed by atoms with van der Waals surface area (Å²) in [7, 11) is 0. The van der Waals surface area contributed by atoms with E-state index in [1.807, 2.05) is 6.07 Å². The van der Waals surface area contributed by atoms with Gasteiger partial charge in [-0.25, -0.2) is 4.79 Å². The third-order valence-electron chi connectivity index (χ3n) is 6.39. The number of alkyl halides is 2. The van der Waals surface area contributed by atoms with Gasteiger partial charge in [0.1, 0.15) is 5.54 Å². The average Bonchev–Trinajstić information content (AvgIpc) is 3.53. The summed E-state index contributed by atoms with van der Waals surface area (Å²) < 4.78 is 30.3. The summed E-state index contributed by atoms with van der Waals surface area (Å²) in [5, 5.41) is 6.88. The normalized spacial score (nSPS) is 16.9. The van der Waals surface area contributed by atoms with Crippen molar-refractivity contribution in [3.63, 3.8) is 0 Å². The second-order valence-electron chi connectivity index (χ2n) is 9.05. The van der Waals surface area contributed by atoms with Crippen molar-refractivity contribution < 1.29 is 27.6 Å². The lowest BCUT2D eigenvalue weighted by atomic mass is 10.0. The van der Waals surface area contributed by atoms with Crippen LogP contribution in [-0.2, 0) is 22.6 Å². The molecular weight excluding hydrogens is 474 g/mol. The maximum atomic E-state index is 13.5. The molecule has 4 heterocycles. The number of anilines is 2. The molecule has 10 nitrogen and oxygen atoms in total. The largest absolute Gasteiger partial charge is 0.415 e. The summed E-state index contributed by atoms with van der Waals surface area (Å²) in [6.07, 6.45) is -0.953. The first-order chi connectivity index (χ1) is 17.1. The molecule has 5 rings (SSSR count). The topological polar surface area (TPSA) is 113 Å². The lowest BCUT2D eigenvalue weighted by Crippen LogP contribution is -2.44. The fraction of sp³-hybridized carbons (Fsp3) is 0.333. The molecule has 0 N–H and O–H groups in total. The Hall–Kier alpha value is -4.22. The van der Waals surface area contributed by atoms with Crippen molar-refractivity contribution in [3.05, 3.63) is 53.7 Å². The van der Waals surface area contributed by atoms with Gasteiger partial charge in [0.25, 0.3) is 11.8 Å². The Labute approximate surface area is 204 Å². The molecule has 12 heteroatoms. The number of hydrogen-bond donors (Lipinski definition) is 0. The zero-order valence-electron chi connectivity index (χ0n) is 19.7. The van der Waals surface area contributed by atoms with Gasteiger partial charge in [0.05, 0.1) is 23.5 Å². The average molecular weight is 496 g/mol. The molecule has 36 heavy (non-hydrogen) atoms. The minimum Gasteiger partial charge on any atom is -0.415 e. The predicted octanol–water partition coefficient (Wildman–Crippen LogP) is 3.73. The molecule has 1 saturated heterocycles. The quantitative estimate of drug-likeness (QED) is 0.495. The van der Waals surface area contributed by atoms with E-state index in [1.165, 1.54) is 18.0 Å². The first kappa shape index (κ1) is 23.5. The van der Waals surface area contributed by atoms with Gasteiger partial charge in [-0.05, 0) is 44.5 Å². The lowest BCUT2D eigenvalue weighted by Gasteiger charge is -2.29. The Bertz CT molecular complexity index is 1370. The van der Waals surface area contributed by atoms with E-state index in [-0.39, 0.29) is 18.3 Å². The number of amides is 4. The number of nitrogens with zero attached hydrogens (tertiary/aromatic N) is 6. The van der Waals surface area contributed by atoms with Gasteiger partial charge in [-0.15, -0.1) is 10.2 Å². The van der Waals surface area contributed by atoms with Gasteiger partial charge in [0.15, 0.2) is 0 Å². The van der Waals surface area contributed by atoms with Crippen LogP contribution in [-0.4, -0.2) is 50.0 Å². The van der Waals surface area contributed by atoms with Gasteiger partial charge in [-0.3, -0.25) is 24.4 Å². The molecular formula is C24H22F2N6O4. The second-order valence-corrected chi connectivity index (χ2v) is 9.05. The molecule has 0 bridgehead atoms. The Balaban J connectivity index is 1.41. The van der Waals surface area contributed by atoms with Gasteiger partial charge in [-0.1, -0.05) is 6.07 Å². The van der Waals surface area contributed by atoms with Crippen LogP contribution in [0.1, 0.15) is 44.3 Å². The zero-order valence-corrected chi connectivity index (χ0v) is 19.7. The number of pyridine rings is 1. The van der Waals surface area contributed by atoms with E-state index in [2.05, 4.69) is 15.2 Å². The summed E-state index contributed by atoms with van der Waals surface area (Å²) >= 11 is 0. The molecule has 0 aliphatic carbocycles. The summed E-state index contributed by atoms with van der Waals surface area (Å²) in [4.78, 5) is 47.4. The van der Waals surface area contributed by atoms with Crippen molar-refractivity contribution in [2.75, 3.05) is 16.3 Å². The Morgan fingerprint density at radius 3 is 2.53 bits per heavy atom. The van der Waals surface area contributed by atoms with Crippen molar-refractivity contribution in [3.8, 4) is 11.5 Å². The molecule has 0 atom stereocenters. The molecule has 0 saturated carbocycles. The Morgan fingerprint density at radius 2 is 1.89 bits per heavy atom. The minimum absolute atomic E-state index is 0.0847. The van der Waals surface area contributed by atoms with Crippen LogP contribution in [0.4, 0.5) is 25.0 Å². The fourth-order valence-electron chi connectivity index (χ4n) is 4.61. The second kappa shape index (κ2) is 8.47. The van der Waals surface area contributed by atoms with Crippen LogP contribution in [0.3, 0.4) is 0 Å². The molecule has 186 valence electrons. The van der Waals surface area contributed by atoms with Crippen LogP contribution in [0.5, 0.6) is 0 Å². The van der Waals surface area contributed by atoms with E-state index in [0.717, 1.165) is 16.2 Å². The van der Waals surface area contributed by atoms with Crippen LogP contribution in [0.25, 0.3) is 11.5 Å². The first-order valence-electron chi connectivity index (χ1n) is 11.2. The number of carbonyl (C=O) groups is 3. The number of rotatable bonds is 5. The van der Waals surface area contributed by atoms with Crippen molar-refractivity contribution in [2.24, 2.45) is 0 Å². The Kier molecular flexibility index (Phi) is 5.53. The van der Waals surface area contributed by atoms with Crippen LogP contribution in [0.15, 0.2) is 40.9 Å². The molecule has 4 amide bonds. The minimum atomic E-state index is -2.88. The summed E-state index contributed by atoms with van der Waals surface area (Å²) in [6, 6.07) is 7.98. The molecule has 1 fully saturated rings. The standard InChI is InChI=1S/C24H22F2N6O4/c1-13(33)30-10-9-16-17(30)5-4-6-18(16)32-23(35)31(22(34)24(32,2)3)12-15-8-7-14(11-27-15)20-28-29-21(36-20)19(25)26/h4-8,11,19H,9-10,12H2,1-3H3. The van der Waals surface area contributed by atoms with Gasteiger partial charge >= 0.3 is 12.5 Å². The molecule has 2 aliphatic rings. The van der Waals surface area contributed by atoms with E-state index >= 15 is 0 Å². The lowest BCUT2D eigenvalue weighted by molar-refractivity contribution is -0.130. The number of hydrogen-bond acceptors (Lipinski definition) is 7. The summed E-state index contributed by atoms with van der Waals surface area (Å²) in [6.45, 7) is 5.27. The van der Waals surface area contributed by atoms with Crippen molar-refractivity contribution in [1.29, 1.82) is 0 Å². The van der Waals surface area contributed by atoms with Gasteiger partial charge in [0, 0.05) is 30.9 Å². The van der Waals surface area contributed by atoms with Crippen molar-refractivity contribution >= 4 is 29.2 Å². The number of aromatic nitrogens is 3. The van der Waals surface area contributed by atoms with E-state index < -0.39 is 29.8 Å². The highest BCUT2D eigenvalue weighted by Gasteiger charge is 2.53. The fourth-order valence-corrected chi connectivity index (χ4v) is 4.61. The van der Waals surface area contributed by atoms with Gasteiger partial charge in [0.2, 0.25) is 11.8 Å². The number of carbonyl (C=O) groups excluding carboxylic acids is 3. The molecule has 0 unspecified atom stereocenters. The van der Waals surface area contributed by atoms with Crippen LogP contribution in [0, 0.1) is 0 Å². The third-order valence-corrected chi connectivity index (χ3v) is 6.39. The predicted molar refractivity (Wildman–Crippen MR) is 123 cm³/mol.